The molecule has 0 unspecified atom stereocenters. The molecule has 2 amide bonds. The van der Waals surface area contributed by atoms with E-state index in [4.69, 9.17) is 9.47 Å². The van der Waals surface area contributed by atoms with E-state index in [-0.39, 0.29) is 18.4 Å². The molecular weight excluding hydrogens is 430 g/mol. The Morgan fingerprint density at radius 3 is 2.15 bits per heavy atom. The number of rotatable bonds is 8. The van der Waals surface area contributed by atoms with Crippen LogP contribution in [0.5, 0.6) is 11.5 Å². The number of carbonyl (C=O) groups is 2. The molecule has 0 atom stereocenters. The molecule has 34 heavy (non-hydrogen) atoms. The maximum atomic E-state index is 12.7. The zero-order valence-electron chi connectivity index (χ0n) is 19.3. The Kier molecular flexibility index (Phi) is 7.65. The van der Waals surface area contributed by atoms with Gasteiger partial charge in [0.1, 0.15) is 11.5 Å². The van der Waals surface area contributed by atoms with Gasteiger partial charge in [-0.1, -0.05) is 30.3 Å². The molecule has 176 valence electrons. The lowest BCUT2D eigenvalue weighted by atomic mass is 10.1. The highest BCUT2D eigenvalue weighted by Gasteiger charge is 2.21. The molecule has 0 saturated carbocycles. The highest BCUT2D eigenvalue weighted by molar-refractivity contribution is 5.92. The van der Waals surface area contributed by atoms with Crippen molar-refractivity contribution >= 4 is 23.2 Å². The summed E-state index contributed by atoms with van der Waals surface area (Å²) >= 11 is 0. The molecule has 3 aromatic rings. The van der Waals surface area contributed by atoms with E-state index in [0.29, 0.717) is 25.3 Å². The predicted molar refractivity (Wildman–Crippen MR) is 132 cm³/mol. The lowest BCUT2D eigenvalue weighted by molar-refractivity contribution is -0.130. The summed E-state index contributed by atoms with van der Waals surface area (Å²) in [6.45, 7) is 2.86. The summed E-state index contributed by atoms with van der Waals surface area (Å²) < 4.78 is 10.6. The summed E-state index contributed by atoms with van der Waals surface area (Å²) in [6.07, 6.45) is 0.395. The summed E-state index contributed by atoms with van der Waals surface area (Å²) in [4.78, 5) is 29.0. The third-order valence-electron chi connectivity index (χ3n) is 5.78. The Bertz CT molecular complexity index is 1080. The summed E-state index contributed by atoms with van der Waals surface area (Å²) in [6, 6.07) is 24.6. The van der Waals surface area contributed by atoms with E-state index in [2.05, 4.69) is 10.2 Å². The van der Waals surface area contributed by atoms with Crippen molar-refractivity contribution in [2.24, 2.45) is 0 Å². The second-order valence-corrected chi connectivity index (χ2v) is 8.09. The van der Waals surface area contributed by atoms with E-state index < -0.39 is 0 Å². The summed E-state index contributed by atoms with van der Waals surface area (Å²) in [5.74, 6) is 1.38. The Labute approximate surface area is 199 Å². The standard InChI is InChI=1S/C27H29N3O4/c1-33-24-13-7-21(8-14-24)19-27(32)30-17-15-29(16-18-30)23-11-9-22(10-12-23)28-26(31)20-34-25-5-3-2-4-6-25/h2-14H,15-20H2,1H3,(H,28,31). The van der Waals surface area contributed by atoms with Crippen LogP contribution in [0.25, 0.3) is 0 Å². The van der Waals surface area contributed by atoms with Gasteiger partial charge in [0, 0.05) is 37.6 Å². The van der Waals surface area contributed by atoms with Crippen molar-refractivity contribution in [1.29, 1.82) is 0 Å². The normalized spacial score (nSPS) is 13.3. The second-order valence-electron chi connectivity index (χ2n) is 8.09. The molecule has 3 aromatic carbocycles. The molecule has 0 bridgehead atoms. The van der Waals surface area contributed by atoms with Crippen molar-refractivity contribution in [3.8, 4) is 11.5 Å². The smallest absolute Gasteiger partial charge is 0.262 e. The first kappa shape index (κ1) is 23.2. The summed E-state index contributed by atoms with van der Waals surface area (Å²) in [5.41, 5.74) is 2.78. The quantitative estimate of drug-likeness (QED) is 0.557. The molecule has 1 saturated heterocycles. The molecule has 4 rings (SSSR count). The van der Waals surface area contributed by atoms with Crippen LogP contribution < -0.4 is 19.7 Å². The third kappa shape index (κ3) is 6.28. The molecule has 1 fully saturated rings. The van der Waals surface area contributed by atoms with Crippen LogP contribution in [0.4, 0.5) is 11.4 Å². The van der Waals surface area contributed by atoms with E-state index in [0.717, 1.165) is 35.8 Å². The number of nitrogens with one attached hydrogen (secondary N) is 1. The summed E-state index contributed by atoms with van der Waals surface area (Å²) in [5, 5.41) is 2.85. The van der Waals surface area contributed by atoms with Crippen LogP contribution in [-0.4, -0.2) is 56.6 Å². The molecule has 1 heterocycles. The largest absolute Gasteiger partial charge is 0.497 e. The molecule has 7 heteroatoms. The van der Waals surface area contributed by atoms with Crippen LogP contribution in [0.1, 0.15) is 5.56 Å². The number of nitrogens with zero attached hydrogens (tertiary/aromatic N) is 2. The monoisotopic (exact) mass is 459 g/mol. The minimum absolute atomic E-state index is 0.0434. The first-order valence-corrected chi connectivity index (χ1v) is 11.3. The number of hydrogen-bond donors (Lipinski definition) is 1. The Hall–Kier alpha value is -4.00. The fraction of sp³-hybridized carbons (Fsp3) is 0.259. The average Bonchev–Trinajstić information content (AvgIpc) is 2.89. The van der Waals surface area contributed by atoms with Crippen molar-refractivity contribution in [2.75, 3.05) is 50.1 Å². The average molecular weight is 460 g/mol. The number of ether oxygens (including phenoxy) is 2. The molecular formula is C27H29N3O4. The van der Waals surface area contributed by atoms with Crippen LogP contribution >= 0.6 is 0 Å². The van der Waals surface area contributed by atoms with Gasteiger partial charge in [-0.05, 0) is 54.1 Å². The topological polar surface area (TPSA) is 71.1 Å². The lowest BCUT2D eigenvalue weighted by Crippen LogP contribution is -2.49. The van der Waals surface area contributed by atoms with E-state index in [1.165, 1.54) is 0 Å². The first-order valence-electron chi connectivity index (χ1n) is 11.3. The van der Waals surface area contributed by atoms with Crippen LogP contribution in [0.3, 0.4) is 0 Å². The minimum atomic E-state index is -0.208. The number of benzene rings is 3. The lowest BCUT2D eigenvalue weighted by Gasteiger charge is -2.36. The summed E-state index contributed by atoms with van der Waals surface area (Å²) in [7, 11) is 1.63. The number of para-hydroxylation sites is 1. The van der Waals surface area contributed by atoms with Gasteiger partial charge in [-0.25, -0.2) is 0 Å². The molecule has 0 spiro atoms. The Morgan fingerprint density at radius 2 is 1.50 bits per heavy atom. The van der Waals surface area contributed by atoms with Crippen molar-refractivity contribution < 1.29 is 19.1 Å². The Morgan fingerprint density at radius 1 is 0.824 bits per heavy atom. The first-order chi connectivity index (χ1) is 16.6. The minimum Gasteiger partial charge on any atom is -0.497 e. The predicted octanol–water partition coefficient (Wildman–Crippen LogP) is 3.60. The van der Waals surface area contributed by atoms with Crippen LogP contribution in [-0.2, 0) is 16.0 Å². The third-order valence-corrected chi connectivity index (χ3v) is 5.78. The molecule has 7 nitrogen and oxygen atoms in total. The van der Waals surface area contributed by atoms with Crippen molar-refractivity contribution in [2.45, 2.75) is 6.42 Å². The molecule has 1 N–H and O–H groups in total. The van der Waals surface area contributed by atoms with Gasteiger partial charge < -0.3 is 24.6 Å². The molecule has 1 aliphatic rings. The van der Waals surface area contributed by atoms with Crippen LogP contribution in [0.2, 0.25) is 0 Å². The number of carbonyl (C=O) groups excluding carboxylic acids is 2. The van der Waals surface area contributed by atoms with Crippen molar-refractivity contribution in [3.63, 3.8) is 0 Å². The van der Waals surface area contributed by atoms with Gasteiger partial charge >= 0.3 is 0 Å². The van der Waals surface area contributed by atoms with E-state index >= 15 is 0 Å². The van der Waals surface area contributed by atoms with E-state index in [1.54, 1.807) is 7.11 Å². The highest BCUT2D eigenvalue weighted by atomic mass is 16.5. The number of hydrogen-bond acceptors (Lipinski definition) is 5. The second kappa shape index (κ2) is 11.2. The SMILES string of the molecule is COc1ccc(CC(=O)N2CCN(c3ccc(NC(=O)COc4ccccc4)cc3)CC2)cc1. The van der Waals surface area contributed by atoms with Gasteiger partial charge in [-0.3, -0.25) is 9.59 Å². The Balaban J connectivity index is 1.22. The number of methoxy groups -OCH3 is 1. The highest BCUT2D eigenvalue weighted by Crippen LogP contribution is 2.20. The number of anilines is 2. The maximum Gasteiger partial charge on any atom is 0.262 e. The van der Waals surface area contributed by atoms with Gasteiger partial charge in [0.05, 0.1) is 13.5 Å². The number of amides is 2. The van der Waals surface area contributed by atoms with Gasteiger partial charge in [-0.15, -0.1) is 0 Å². The fourth-order valence-electron chi connectivity index (χ4n) is 3.86. The maximum absolute atomic E-state index is 12.7. The molecule has 0 aromatic heterocycles. The van der Waals surface area contributed by atoms with Crippen molar-refractivity contribution in [1.82, 2.24) is 4.90 Å². The fourth-order valence-corrected chi connectivity index (χ4v) is 3.86. The molecule has 0 aliphatic carbocycles. The molecule has 1 aliphatic heterocycles. The van der Waals surface area contributed by atoms with Crippen molar-refractivity contribution in [3.05, 3.63) is 84.4 Å². The van der Waals surface area contributed by atoms with Gasteiger partial charge in [0.25, 0.3) is 5.91 Å². The van der Waals surface area contributed by atoms with Gasteiger partial charge in [-0.2, -0.15) is 0 Å². The van der Waals surface area contributed by atoms with E-state index in [9.17, 15) is 9.59 Å². The van der Waals surface area contributed by atoms with Gasteiger partial charge in [0.2, 0.25) is 5.91 Å². The van der Waals surface area contributed by atoms with Gasteiger partial charge in [0.15, 0.2) is 6.61 Å². The van der Waals surface area contributed by atoms with Crippen LogP contribution in [0.15, 0.2) is 78.9 Å². The van der Waals surface area contributed by atoms with Crippen LogP contribution in [0, 0.1) is 0 Å². The zero-order valence-corrected chi connectivity index (χ0v) is 19.3. The molecule has 0 radical (unpaired) electrons. The van der Waals surface area contributed by atoms with E-state index in [1.807, 2.05) is 83.8 Å². The number of piperazine rings is 1. The zero-order chi connectivity index (χ0) is 23.8.